The van der Waals surface area contributed by atoms with E-state index in [4.69, 9.17) is 0 Å². The normalized spacial score (nSPS) is 21.1. The number of carboxylic acids is 1. The SMILES string of the molecule is CCS(=O)(=O)NCc1ccc(C(=O)NC2CCCCCCC2C(=O)O)cc1. The molecule has 0 bridgehead atoms. The summed E-state index contributed by atoms with van der Waals surface area (Å²) in [5.74, 6) is -1.70. The number of carboxylic acid groups (broad SMARTS) is 1. The monoisotopic (exact) mass is 396 g/mol. The molecule has 27 heavy (non-hydrogen) atoms. The fraction of sp³-hybridized carbons (Fsp3) is 0.579. The average Bonchev–Trinajstić information content (AvgIpc) is 2.62. The summed E-state index contributed by atoms with van der Waals surface area (Å²) in [5.41, 5.74) is 1.18. The van der Waals surface area contributed by atoms with Gasteiger partial charge in [0, 0.05) is 18.2 Å². The Kier molecular flexibility index (Phi) is 7.79. The Hall–Kier alpha value is -1.93. The lowest BCUT2D eigenvalue weighted by Gasteiger charge is -2.27. The Morgan fingerprint density at radius 1 is 1.07 bits per heavy atom. The van der Waals surface area contributed by atoms with Crippen LogP contribution in [0.15, 0.2) is 24.3 Å². The zero-order chi connectivity index (χ0) is 19.9. The largest absolute Gasteiger partial charge is 0.481 e. The van der Waals surface area contributed by atoms with Gasteiger partial charge < -0.3 is 10.4 Å². The van der Waals surface area contributed by atoms with Crippen LogP contribution in [0.25, 0.3) is 0 Å². The number of rotatable bonds is 7. The van der Waals surface area contributed by atoms with Gasteiger partial charge in [0.1, 0.15) is 0 Å². The van der Waals surface area contributed by atoms with E-state index in [1.807, 2.05) is 0 Å². The van der Waals surface area contributed by atoms with Gasteiger partial charge in [-0.3, -0.25) is 9.59 Å². The Morgan fingerprint density at radius 2 is 1.70 bits per heavy atom. The predicted octanol–water partition coefficient (Wildman–Crippen LogP) is 2.28. The first kappa shape index (κ1) is 21.4. The minimum Gasteiger partial charge on any atom is -0.481 e. The molecule has 1 aliphatic rings. The summed E-state index contributed by atoms with van der Waals surface area (Å²) in [6.45, 7) is 1.73. The number of aliphatic carboxylic acids is 1. The molecule has 1 fully saturated rings. The number of nitrogens with one attached hydrogen (secondary N) is 2. The van der Waals surface area contributed by atoms with Gasteiger partial charge in [-0.2, -0.15) is 0 Å². The van der Waals surface area contributed by atoms with Crippen LogP contribution >= 0.6 is 0 Å². The van der Waals surface area contributed by atoms with Crippen molar-refractivity contribution in [1.82, 2.24) is 10.0 Å². The molecule has 2 unspecified atom stereocenters. The number of sulfonamides is 1. The molecule has 1 saturated carbocycles. The van der Waals surface area contributed by atoms with Gasteiger partial charge in [-0.25, -0.2) is 13.1 Å². The van der Waals surface area contributed by atoms with Gasteiger partial charge in [0.2, 0.25) is 10.0 Å². The first-order valence-corrected chi connectivity index (χ1v) is 11.1. The molecule has 0 saturated heterocycles. The van der Waals surface area contributed by atoms with E-state index in [0.717, 1.165) is 31.2 Å². The summed E-state index contributed by atoms with van der Waals surface area (Å²) in [7, 11) is -3.27. The lowest BCUT2D eigenvalue weighted by molar-refractivity contribution is -0.143. The van der Waals surface area contributed by atoms with E-state index in [-0.39, 0.29) is 24.2 Å². The van der Waals surface area contributed by atoms with E-state index in [1.165, 1.54) is 0 Å². The predicted molar refractivity (Wildman–Crippen MR) is 103 cm³/mol. The van der Waals surface area contributed by atoms with Gasteiger partial charge >= 0.3 is 5.97 Å². The number of hydrogen-bond acceptors (Lipinski definition) is 4. The molecule has 2 atom stereocenters. The summed E-state index contributed by atoms with van der Waals surface area (Å²) < 4.78 is 25.4. The van der Waals surface area contributed by atoms with Crippen LogP contribution in [0.4, 0.5) is 0 Å². The molecule has 0 aliphatic heterocycles. The van der Waals surface area contributed by atoms with Crippen LogP contribution in [0, 0.1) is 5.92 Å². The summed E-state index contributed by atoms with van der Waals surface area (Å²) >= 11 is 0. The van der Waals surface area contributed by atoms with Crippen molar-refractivity contribution in [2.45, 2.75) is 58.0 Å². The Labute approximate surface area is 160 Å². The topological polar surface area (TPSA) is 113 Å². The number of carbonyl (C=O) groups excluding carboxylic acids is 1. The molecular formula is C19H28N2O5S. The van der Waals surface area contributed by atoms with E-state index in [0.29, 0.717) is 18.4 Å². The molecule has 0 aromatic heterocycles. The third-order valence-electron chi connectivity index (χ3n) is 4.99. The highest BCUT2D eigenvalue weighted by atomic mass is 32.2. The zero-order valence-electron chi connectivity index (χ0n) is 15.6. The molecule has 150 valence electrons. The minimum absolute atomic E-state index is 0.0135. The zero-order valence-corrected chi connectivity index (χ0v) is 16.4. The number of carbonyl (C=O) groups is 2. The smallest absolute Gasteiger partial charge is 0.308 e. The Balaban J connectivity index is 2.00. The van der Waals surface area contributed by atoms with Crippen LogP contribution in [-0.2, 0) is 21.4 Å². The van der Waals surface area contributed by atoms with Crippen LogP contribution in [-0.4, -0.2) is 37.2 Å². The molecule has 3 N–H and O–H groups in total. The van der Waals surface area contributed by atoms with Crippen LogP contribution in [0.1, 0.15) is 61.4 Å². The molecule has 0 radical (unpaired) electrons. The van der Waals surface area contributed by atoms with Crippen molar-refractivity contribution >= 4 is 21.9 Å². The molecule has 7 nitrogen and oxygen atoms in total. The highest BCUT2D eigenvalue weighted by Crippen LogP contribution is 2.23. The van der Waals surface area contributed by atoms with Gasteiger partial charge in [-0.1, -0.05) is 37.8 Å². The second-order valence-electron chi connectivity index (χ2n) is 6.94. The van der Waals surface area contributed by atoms with E-state index in [2.05, 4.69) is 10.0 Å². The molecule has 0 spiro atoms. The maximum Gasteiger partial charge on any atom is 0.308 e. The second kappa shape index (κ2) is 9.85. The van der Waals surface area contributed by atoms with Crippen molar-refractivity contribution in [3.63, 3.8) is 0 Å². The minimum atomic E-state index is -3.27. The van der Waals surface area contributed by atoms with Gasteiger partial charge in [-0.05, 0) is 37.5 Å². The summed E-state index contributed by atoms with van der Waals surface area (Å²) in [5, 5.41) is 12.4. The standard InChI is InChI=1S/C19H28N2O5S/c1-2-27(25,26)20-13-14-9-11-15(12-10-14)18(22)21-17-8-6-4-3-5-7-16(17)19(23)24/h9-12,16-17,20H,2-8,13H2,1H3,(H,21,22)(H,23,24). The second-order valence-corrected chi connectivity index (χ2v) is 9.03. The molecule has 1 aromatic rings. The van der Waals surface area contributed by atoms with Gasteiger partial charge in [-0.15, -0.1) is 0 Å². The van der Waals surface area contributed by atoms with Gasteiger partial charge in [0.25, 0.3) is 5.91 Å². The maximum absolute atomic E-state index is 12.5. The summed E-state index contributed by atoms with van der Waals surface area (Å²) in [4.78, 5) is 24.1. The third-order valence-corrected chi connectivity index (χ3v) is 6.34. The van der Waals surface area contributed by atoms with E-state index in [9.17, 15) is 23.1 Å². The van der Waals surface area contributed by atoms with Crippen molar-refractivity contribution in [1.29, 1.82) is 0 Å². The summed E-state index contributed by atoms with van der Waals surface area (Å²) in [6, 6.07) is 6.28. The first-order chi connectivity index (χ1) is 12.8. The van der Waals surface area contributed by atoms with Crippen molar-refractivity contribution in [2.75, 3.05) is 5.75 Å². The average molecular weight is 397 g/mol. The Bertz CT molecular complexity index is 746. The number of benzene rings is 1. The van der Waals surface area contributed by atoms with Crippen LogP contribution in [0.5, 0.6) is 0 Å². The molecule has 2 rings (SSSR count). The fourth-order valence-corrected chi connectivity index (χ4v) is 3.86. The highest BCUT2D eigenvalue weighted by molar-refractivity contribution is 7.89. The molecule has 8 heteroatoms. The third kappa shape index (κ3) is 6.62. The quantitative estimate of drug-likeness (QED) is 0.654. The molecule has 1 aliphatic carbocycles. The van der Waals surface area contributed by atoms with Crippen LogP contribution in [0.3, 0.4) is 0 Å². The molecule has 1 aromatic carbocycles. The maximum atomic E-state index is 12.5. The van der Waals surface area contributed by atoms with E-state index < -0.39 is 21.9 Å². The Morgan fingerprint density at radius 3 is 2.30 bits per heavy atom. The molecular weight excluding hydrogens is 368 g/mol. The van der Waals surface area contributed by atoms with Gasteiger partial charge in [0.05, 0.1) is 11.7 Å². The fourth-order valence-electron chi connectivity index (χ4n) is 3.27. The van der Waals surface area contributed by atoms with Crippen molar-refractivity contribution in [3.05, 3.63) is 35.4 Å². The van der Waals surface area contributed by atoms with Crippen molar-refractivity contribution in [3.8, 4) is 0 Å². The van der Waals surface area contributed by atoms with Crippen LogP contribution in [0.2, 0.25) is 0 Å². The van der Waals surface area contributed by atoms with Gasteiger partial charge in [0.15, 0.2) is 0 Å². The first-order valence-electron chi connectivity index (χ1n) is 9.42. The van der Waals surface area contributed by atoms with Crippen LogP contribution < -0.4 is 10.0 Å². The lowest BCUT2D eigenvalue weighted by Crippen LogP contribution is -2.43. The van der Waals surface area contributed by atoms with Crippen molar-refractivity contribution < 1.29 is 23.1 Å². The lowest BCUT2D eigenvalue weighted by atomic mass is 9.86. The number of amides is 1. The van der Waals surface area contributed by atoms with E-state index in [1.54, 1.807) is 31.2 Å². The highest BCUT2D eigenvalue weighted by Gasteiger charge is 2.30. The molecule has 1 amide bonds. The summed E-state index contributed by atoms with van der Waals surface area (Å²) in [6.07, 6.45) is 5.11. The molecule has 0 heterocycles. The van der Waals surface area contributed by atoms with E-state index >= 15 is 0 Å². The number of hydrogen-bond donors (Lipinski definition) is 3. The van der Waals surface area contributed by atoms with Crippen molar-refractivity contribution in [2.24, 2.45) is 5.92 Å².